The number of hydrogen-bond acceptors (Lipinski definition) is 6. The number of nitrogens with two attached hydrogens (primary N) is 1. The van der Waals surface area contributed by atoms with Crippen LogP contribution < -0.4 is 5.73 Å². The second-order valence-electron chi connectivity index (χ2n) is 5.91. The van der Waals surface area contributed by atoms with Gasteiger partial charge in [0.1, 0.15) is 16.3 Å². The van der Waals surface area contributed by atoms with Gasteiger partial charge in [0.2, 0.25) is 0 Å². The monoisotopic (exact) mass is 402 g/mol. The first-order chi connectivity index (χ1) is 12.9. The van der Waals surface area contributed by atoms with Gasteiger partial charge in [-0.25, -0.2) is 0 Å². The van der Waals surface area contributed by atoms with Gasteiger partial charge in [-0.15, -0.1) is 10.2 Å². The third-order valence-electron chi connectivity index (χ3n) is 4.15. The zero-order valence-electron chi connectivity index (χ0n) is 13.9. The molecule has 0 amide bonds. The number of aromatic nitrogens is 1. The van der Waals surface area contributed by atoms with E-state index in [1.165, 1.54) is 6.07 Å². The quantitative estimate of drug-likeness (QED) is 0.233. The maximum absolute atomic E-state index is 11.8. The van der Waals surface area contributed by atoms with Gasteiger partial charge >= 0.3 is 29.6 Å². The van der Waals surface area contributed by atoms with Gasteiger partial charge in [0.25, 0.3) is 10.1 Å². The van der Waals surface area contributed by atoms with E-state index in [0.29, 0.717) is 16.5 Å². The summed E-state index contributed by atoms with van der Waals surface area (Å²) >= 11 is 0. The van der Waals surface area contributed by atoms with Crippen LogP contribution in [0, 0.1) is 0 Å². The van der Waals surface area contributed by atoms with Crippen LogP contribution in [0.4, 0.5) is 17.1 Å². The molecule has 136 valence electrons. The van der Waals surface area contributed by atoms with Gasteiger partial charge in [-0.1, -0.05) is 42.5 Å². The topological polar surface area (TPSA) is 118 Å². The normalized spacial score (nSPS) is 11.8. The summed E-state index contributed by atoms with van der Waals surface area (Å²) in [7, 11) is -4.45. The summed E-state index contributed by atoms with van der Waals surface area (Å²) in [6.07, 6.45) is 1.56. The van der Waals surface area contributed by atoms with Crippen LogP contribution in [0.1, 0.15) is 0 Å². The van der Waals surface area contributed by atoms with E-state index < -0.39 is 10.1 Å². The van der Waals surface area contributed by atoms with Gasteiger partial charge in [0.05, 0.1) is 17.4 Å². The van der Waals surface area contributed by atoms with E-state index in [4.69, 9.17) is 5.73 Å². The average Bonchev–Trinajstić information content (AvgIpc) is 2.66. The maximum atomic E-state index is 11.8. The molecule has 9 heteroatoms. The van der Waals surface area contributed by atoms with Crippen molar-refractivity contribution in [3.05, 3.63) is 66.9 Å². The predicted octanol–water partition coefficient (Wildman–Crippen LogP) is 3.98. The molecule has 4 rings (SSSR count). The Kier molecular flexibility index (Phi) is 5.78. The molecule has 3 aromatic carbocycles. The summed E-state index contributed by atoms with van der Waals surface area (Å²) < 4.78 is 33.1. The first kappa shape index (κ1) is 20.4. The zero-order chi connectivity index (χ0) is 19.0. The molecule has 0 bridgehead atoms. The fourth-order valence-corrected chi connectivity index (χ4v) is 3.59. The first-order valence-corrected chi connectivity index (χ1v) is 9.43. The molecule has 0 unspecified atom stereocenters. The molecule has 1 aromatic heterocycles. The van der Waals surface area contributed by atoms with Crippen molar-refractivity contribution in [3.63, 3.8) is 0 Å². The fourth-order valence-electron chi connectivity index (χ4n) is 2.87. The molecule has 0 atom stereocenters. The first-order valence-electron chi connectivity index (χ1n) is 7.99. The Morgan fingerprint density at radius 2 is 1.61 bits per heavy atom. The van der Waals surface area contributed by atoms with Crippen LogP contribution in [0.25, 0.3) is 21.7 Å². The van der Waals surface area contributed by atoms with E-state index >= 15 is 0 Å². The van der Waals surface area contributed by atoms with Crippen molar-refractivity contribution >= 4 is 78.4 Å². The van der Waals surface area contributed by atoms with Crippen molar-refractivity contribution in [1.82, 2.24) is 4.98 Å². The molecule has 7 nitrogen and oxygen atoms in total. The molecule has 3 N–H and O–H groups in total. The van der Waals surface area contributed by atoms with Gasteiger partial charge in [0, 0.05) is 16.2 Å². The Labute approximate surface area is 183 Å². The number of benzene rings is 3. The average molecular weight is 402 g/mol. The van der Waals surface area contributed by atoms with E-state index in [9.17, 15) is 13.0 Å². The molecule has 0 aliphatic rings. The zero-order valence-corrected chi connectivity index (χ0v) is 14.8. The Hall–Kier alpha value is -2.36. The molecular formula is C19H15N4NaO3S. The Bertz CT molecular complexity index is 1320. The van der Waals surface area contributed by atoms with Crippen LogP contribution in [0.5, 0.6) is 0 Å². The van der Waals surface area contributed by atoms with Crippen molar-refractivity contribution in [1.29, 1.82) is 0 Å². The number of anilines is 1. The summed E-state index contributed by atoms with van der Waals surface area (Å²) in [5.41, 5.74) is 7.89. The Morgan fingerprint density at radius 3 is 2.36 bits per heavy atom. The van der Waals surface area contributed by atoms with Gasteiger partial charge in [0.15, 0.2) is 0 Å². The fraction of sp³-hybridized carbons (Fsp3) is 0. The molecule has 1 heterocycles. The van der Waals surface area contributed by atoms with Gasteiger partial charge in [-0.2, -0.15) is 8.42 Å². The standard InChI is InChI=1S/C19H14N4O3S.Na.H/c20-19-15-7-3-2-6-14(15)18(27(24,25)26)10-17(19)23-22-13-9-12-5-1-4-8-16(12)21-11-13;;/h1-11H,20H2,(H,24,25,26);;/b23-22+;;. The predicted molar refractivity (Wildman–Crippen MR) is 111 cm³/mol. The number of nitrogens with zero attached hydrogens (tertiary/aromatic N) is 3. The van der Waals surface area contributed by atoms with Gasteiger partial charge in [-0.05, 0) is 18.2 Å². The molecule has 28 heavy (non-hydrogen) atoms. The SMILES string of the molecule is Nc1c(/N=N/c2cnc3ccccc3c2)cc(S(=O)(=O)O)c2ccccc12.[NaH]. The van der Waals surface area contributed by atoms with Gasteiger partial charge < -0.3 is 5.73 Å². The molecular weight excluding hydrogens is 387 g/mol. The van der Waals surface area contributed by atoms with E-state index in [1.807, 2.05) is 30.3 Å². The van der Waals surface area contributed by atoms with E-state index in [0.717, 1.165) is 10.9 Å². The number of para-hydroxylation sites is 1. The molecule has 0 saturated carbocycles. The molecule has 0 radical (unpaired) electrons. The molecule has 4 aromatic rings. The molecule has 0 spiro atoms. The minimum absolute atomic E-state index is 0. The van der Waals surface area contributed by atoms with Crippen LogP contribution in [-0.2, 0) is 10.1 Å². The van der Waals surface area contributed by atoms with Crippen molar-refractivity contribution in [3.8, 4) is 0 Å². The third kappa shape index (κ3) is 3.91. The number of nitrogen functional groups attached to an aromatic ring is 1. The summed E-state index contributed by atoms with van der Waals surface area (Å²) in [5.74, 6) is 0. The number of fused-ring (bicyclic) bond motifs is 2. The van der Waals surface area contributed by atoms with E-state index in [2.05, 4.69) is 15.2 Å². The van der Waals surface area contributed by atoms with Crippen molar-refractivity contribution in [2.75, 3.05) is 5.73 Å². The van der Waals surface area contributed by atoms with Gasteiger partial charge in [-0.3, -0.25) is 9.54 Å². The van der Waals surface area contributed by atoms with Crippen LogP contribution in [0.3, 0.4) is 0 Å². The number of pyridine rings is 1. The van der Waals surface area contributed by atoms with Crippen LogP contribution in [0.15, 0.2) is 82.0 Å². The van der Waals surface area contributed by atoms with Crippen LogP contribution in [0.2, 0.25) is 0 Å². The van der Waals surface area contributed by atoms with E-state index in [1.54, 1.807) is 30.5 Å². The van der Waals surface area contributed by atoms with Crippen molar-refractivity contribution in [2.24, 2.45) is 10.2 Å². The molecule has 0 aliphatic heterocycles. The molecule has 0 fully saturated rings. The summed E-state index contributed by atoms with van der Waals surface area (Å²) in [6.45, 7) is 0. The minimum atomic E-state index is -4.45. The second-order valence-corrected chi connectivity index (χ2v) is 7.30. The second kappa shape index (κ2) is 7.94. The summed E-state index contributed by atoms with van der Waals surface area (Å²) in [4.78, 5) is 4.04. The number of rotatable bonds is 3. The van der Waals surface area contributed by atoms with Crippen LogP contribution in [-0.4, -0.2) is 47.5 Å². The molecule has 0 aliphatic carbocycles. The number of hydrogen-bond donors (Lipinski definition) is 2. The van der Waals surface area contributed by atoms with Crippen LogP contribution >= 0.6 is 0 Å². The Morgan fingerprint density at radius 1 is 0.929 bits per heavy atom. The summed E-state index contributed by atoms with van der Waals surface area (Å²) in [6, 6.07) is 17.2. The third-order valence-corrected chi connectivity index (χ3v) is 5.05. The van der Waals surface area contributed by atoms with E-state index in [-0.39, 0.29) is 45.8 Å². The van der Waals surface area contributed by atoms with Crippen molar-refractivity contribution < 1.29 is 13.0 Å². The van der Waals surface area contributed by atoms with Crippen molar-refractivity contribution in [2.45, 2.75) is 4.90 Å². The summed E-state index contributed by atoms with van der Waals surface area (Å²) in [5, 5.41) is 9.91. The number of azo groups is 1. The molecule has 0 saturated heterocycles. The Balaban J connectivity index is 0.00000225.